The van der Waals surface area contributed by atoms with Crippen LogP contribution in [-0.2, 0) is 10.1 Å². The molecule has 8 heteroatoms. The predicted molar refractivity (Wildman–Crippen MR) is 57.4 cm³/mol. The van der Waals surface area contributed by atoms with Gasteiger partial charge in [0.15, 0.2) is 0 Å². The Hall–Kier alpha value is 2.60. The van der Waals surface area contributed by atoms with Gasteiger partial charge in [0.1, 0.15) is 0 Å². The Labute approximate surface area is 134 Å². The second-order valence-electron chi connectivity index (χ2n) is 2.03. The fourth-order valence-corrected chi connectivity index (χ4v) is 3.89. The number of rotatable bonds is 7. The van der Waals surface area contributed by atoms with Crippen molar-refractivity contribution in [3.8, 4) is 0 Å². The van der Waals surface area contributed by atoms with Crippen molar-refractivity contribution >= 4 is 41.5 Å². The smallest absolute Gasteiger partial charge is 0.748 e. The molecule has 0 bridgehead atoms. The summed E-state index contributed by atoms with van der Waals surface area (Å²) in [6.07, 6.45) is 3.26. The summed E-state index contributed by atoms with van der Waals surface area (Å²) in [7, 11) is 1.04. The third kappa shape index (κ3) is 17.2. The molecular formula is C5H11KO3S4. The summed E-state index contributed by atoms with van der Waals surface area (Å²) >= 11 is 0. The van der Waals surface area contributed by atoms with E-state index in [9.17, 15) is 13.0 Å². The molecule has 74 valence electrons. The molecule has 0 radical (unpaired) electrons. The van der Waals surface area contributed by atoms with Crippen molar-refractivity contribution in [3.05, 3.63) is 0 Å². The minimum Gasteiger partial charge on any atom is -0.748 e. The molecule has 0 aliphatic rings. The molecule has 0 saturated heterocycles. The summed E-state index contributed by atoms with van der Waals surface area (Å²) in [5, 5.41) is 0. The van der Waals surface area contributed by atoms with Gasteiger partial charge in [0.05, 0.1) is 10.1 Å². The number of hydrogen-bond donors (Lipinski definition) is 0. The van der Waals surface area contributed by atoms with Crippen LogP contribution in [0.4, 0.5) is 0 Å². The predicted octanol–water partition coefficient (Wildman–Crippen LogP) is -1.02. The maximum Gasteiger partial charge on any atom is 1.00 e. The Morgan fingerprint density at radius 1 is 1.31 bits per heavy atom. The fraction of sp³-hybridized carbons (Fsp3) is 1.00. The van der Waals surface area contributed by atoms with Crippen LogP contribution in [0, 0.1) is 0 Å². The van der Waals surface area contributed by atoms with Crippen molar-refractivity contribution in [2.45, 2.75) is 12.8 Å². The minimum absolute atomic E-state index is 0. The summed E-state index contributed by atoms with van der Waals surface area (Å²) in [6, 6.07) is 0. The molecule has 0 aliphatic carbocycles. The summed E-state index contributed by atoms with van der Waals surface area (Å²) in [5.41, 5.74) is 0. The van der Waals surface area contributed by atoms with Crippen LogP contribution in [0.5, 0.6) is 0 Å². The van der Waals surface area contributed by atoms with E-state index in [1.807, 2.05) is 6.26 Å². The van der Waals surface area contributed by atoms with Crippen molar-refractivity contribution in [2.24, 2.45) is 0 Å². The monoisotopic (exact) mass is 286 g/mol. The standard InChI is InChI=1S/C5H12O3S4.K/c1-9-11-10-4-2-3-5-12(6,7)8;/h2-5H2,1H3,(H,6,7,8);/q;+1/p-1. The van der Waals surface area contributed by atoms with Crippen LogP contribution in [0.2, 0.25) is 0 Å². The molecular weight excluding hydrogens is 275 g/mol. The molecule has 0 heterocycles. The van der Waals surface area contributed by atoms with E-state index < -0.39 is 10.1 Å². The summed E-state index contributed by atoms with van der Waals surface area (Å²) in [4.78, 5) is 0. The van der Waals surface area contributed by atoms with Gasteiger partial charge in [-0.1, -0.05) is 21.6 Å². The molecule has 0 aromatic carbocycles. The van der Waals surface area contributed by atoms with Gasteiger partial charge in [-0.25, -0.2) is 8.42 Å². The van der Waals surface area contributed by atoms with Crippen molar-refractivity contribution in [1.29, 1.82) is 0 Å². The first-order valence-electron chi connectivity index (χ1n) is 3.32. The fourth-order valence-electron chi connectivity index (χ4n) is 0.522. The van der Waals surface area contributed by atoms with Crippen LogP contribution in [0.3, 0.4) is 0 Å². The molecule has 0 aromatic heterocycles. The molecule has 0 unspecified atom stereocenters. The summed E-state index contributed by atoms with van der Waals surface area (Å²) in [6.45, 7) is 0. The van der Waals surface area contributed by atoms with Gasteiger partial charge in [-0.05, 0) is 28.9 Å². The van der Waals surface area contributed by atoms with Gasteiger partial charge in [-0.15, -0.1) is 0 Å². The molecule has 0 N–H and O–H groups in total. The zero-order chi connectivity index (χ0) is 9.45. The van der Waals surface area contributed by atoms with Crippen molar-refractivity contribution in [3.63, 3.8) is 0 Å². The van der Waals surface area contributed by atoms with Gasteiger partial charge >= 0.3 is 51.4 Å². The summed E-state index contributed by atoms with van der Waals surface area (Å²) < 4.78 is 30.4. The first-order valence-corrected chi connectivity index (χ1v) is 8.96. The average Bonchev–Trinajstić information content (AvgIpc) is 1.94. The Bertz CT molecular complexity index is 194. The number of unbranched alkanes of at least 4 members (excludes halogenated alkanes) is 1. The molecule has 0 saturated carbocycles. The van der Waals surface area contributed by atoms with Crippen molar-refractivity contribution in [2.75, 3.05) is 17.8 Å². The first-order chi connectivity index (χ1) is 5.56. The maximum absolute atomic E-state index is 10.1. The zero-order valence-electron chi connectivity index (χ0n) is 7.69. The molecule has 0 aliphatic heterocycles. The van der Waals surface area contributed by atoms with Crippen LogP contribution >= 0.6 is 31.4 Å². The molecule has 3 nitrogen and oxygen atoms in total. The van der Waals surface area contributed by atoms with Crippen LogP contribution in [0.1, 0.15) is 12.8 Å². The van der Waals surface area contributed by atoms with Crippen molar-refractivity contribution in [1.82, 2.24) is 0 Å². The average molecular weight is 287 g/mol. The third-order valence-electron chi connectivity index (χ3n) is 0.988. The Kier molecular flexibility index (Phi) is 15.3. The molecule has 0 amide bonds. The van der Waals surface area contributed by atoms with E-state index in [0.29, 0.717) is 6.42 Å². The molecule has 0 fully saturated rings. The van der Waals surface area contributed by atoms with E-state index >= 15 is 0 Å². The van der Waals surface area contributed by atoms with E-state index in [-0.39, 0.29) is 57.1 Å². The van der Waals surface area contributed by atoms with E-state index in [1.165, 1.54) is 0 Å². The zero-order valence-corrected chi connectivity index (χ0v) is 14.1. The topological polar surface area (TPSA) is 57.2 Å². The Morgan fingerprint density at radius 2 is 1.92 bits per heavy atom. The second kappa shape index (κ2) is 11.1. The quantitative estimate of drug-likeness (QED) is 0.258. The second-order valence-corrected chi connectivity index (χ2v) is 8.00. The van der Waals surface area contributed by atoms with Gasteiger partial charge in [0.2, 0.25) is 0 Å². The van der Waals surface area contributed by atoms with Crippen molar-refractivity contribution < 1.29 is 64.4 Å². The van der Waals surface area contributed by atoms with Gasteiger partial charge in [-0.2, -0.15) is 0 Å². The molecule has 0 aromatic rings. The van der Waals surface area contributed by atoms with E-state index in [2.05, 4.69) is 0 Å². The SMILES string of the molecule is CSSSCCCCS(=O)(=O)[O-].[K+]. The minimum atomic E-state index is -3.99. The molecule has 0 atom stereocenters. The van der Waals surface area contributed by atoms with Crippen LogP contribution in [0.15, 0.2) is 0 Å². The Balaban J connectivity index is 0. The van der Waals surface area contributed by atoms with E-state index in [1.54, 1.807) is 31.4 Å². The van der Waals surface area contributed by atoms with Gasteiger partial charge in [-0.3, -0.25) is 0 Å². The van der Waals surface area contributed by atoms with E-state index in [0.717, 1.165) is 12.2 Å². The molecule has 13 heavy (non-hydrogen) atoms. The first kappa shape index (κ1) is 18.0. The van der Waals surface area contributed by atoms with Gasteiger partial charge in [0, 0.05) is 11.5 Å². The van der Waals surface area contributed by atoms with Crippen LogP contribution in [-0.4, -0.2) is 30.7 Å². The molecule has 0 rings (SSSR count). The largest absolute Gasteiger partial charge is 1.00 e. The normalized spacial score (nSPS) is 10.9. The number of hydrogen-bond acceptors (Lipinski definition) is 6. The Morgan fingerprint density at radius 3 is 2.38 bits per heavy atom. The van der Waals surface area contributed by atoms with Crippen LogP contribution in [0.25, 0.3) is 0 Å². The van der Waals surface area contributed by atoms with Gasteiger partial charge in [0.25, 0.3) is 0 Å². The molecule has 0 spiro atoms. The van der Waals surface area contributed by atoms with E-state index in [4.69, 9.17) is 0 Å². The maximum atomic E-state index is 10.1. The third-order valence-corrected chi connectivity index (χ3v) is 5.75. The summed E-state index contributed by atoms with van der Waals surface area (Å²) in [5.74, 6) is 0.679. The van der Waals surface area contributed by atoms with Crippen LogP contribution < -0.4 is 51.4 Å². The van der Waals surface area contributed by atoms with Gasteiger partial charge < -0.3 is 4.55 Å².